The van der Waals surface area contributed by atoms with Crippen molar-refractivity contribution >= 4 is 5.71 Å². The number of fused-ring (bicyclic) bond motifs is 3. The van der Waals surface area contributed by atoms with Gasteiger partial charge in [-0.3, -0.25) is 0 Å². The van der Waals surface area contributed by atoms with Gasteiger partial charge in [0.25, 0.3) is 0 Å². The van der Waals surface area contributed by atoms with Gasteiger partial charge in [-0.1, -0.05) is 12.1 Å². The quantitative estimate of drug-likeness (QED) is 0.577. The van der Waals surface area contributed by atoms with E-state index in [1.165, 1.54) is 0 Å². The minimum absolute atomic E-state index is 0.384. The largest absolute Gasteiger partial charge is 0.492 e. The summed E-state index contributed by atoms with van der Waals surface area (Å²) in [5.41, 5.74) is 6.24. The number of rotatable bonds is 0. The Labute approximate surface area is 76.4 Å². The SMILES string of the molecule is c1ccc2c(c1)OCC1C[N]N=C21. The summed E-state index contributed by atoms with van der Waals surface area (Å²) in [7, 11) is 0. The summed E-state index contributed by atoms with van der Waals surface area (Å²) >= 11 is 0. The molecular weight excluding hydrogens is 164 g/mol. The Hall–Kier alpha value is -1.51. The molecule has 2 heterocycles. The fourth-order valence-electron chi connectivity index (χ4n) is 1.78. The molecule has 1 atom stereocenters. The molecule has 0 saturated carbocycles. The van der Waals surface area contributed by atoms with E-state index in [9.17, 15) is 0 Å². The molecule has 65 valence electrons. The van der Waals surface area contributed by atoms with Gasteiger partial charge in [-0.05, 0) is 12.1 Å². The average molecular weight is 173 g/mol. The van der Waals surface area contributed by atoms with Gasteiger partial charge in [0.05, 0.1) is 24.8 Å². The van der Waals surface area contributed by atoms with Gasteiger partial charge < -0.3 is 4.74 Å². The highest BCUT2D eigenvalue weighted by Gasteiger charge is 2.30. The van der Waals surface area contributed by atoms with Crippen molar-refractivity contribution < 1.29 is 4.74 Å². The van der Waals surface area contributed by atoms with E-state index in [2.05, 4.69) is 10.5 Å². The van der Waals surface area contributed by atoms with E-state index in [1.807, 2.05) is 24.3 Å². The normalized spacial score (nSPS) is 23.7. The van der Waals surface area contributed by atoms with Crippen LogP contribution in [0.2, 0.25) is 0 Å². The van der Waals surface area contributed by atoms with E-state index >= 15 is 0 Å². The minimum Gasteiger partial charge on any atom is -0.492 e. The van der Waals surface area contributed by atoms with Crippen LogP contribution in [-0.2, 0) is 0 Å². The van der Waals surface area contributed by atoms with E-state index in [-0.39, 0.29) is 0 Å². The Kier molecular flexibility index (Phi) is 1.33. The zero-order valence-corrected chi connectivity index (χ0v) is 7.10. The standard InChI is InChI=1S/C10H9N2O/c1-2-4-9-8(3-1)10-7(6-13-9)5-11-12-10/h1-4,7H,5-6H2. The molecule has 3 nitrogen and oxygen atoms in total. The second-order valence-electron chi connectivity index (χ2n) is 3.31. The molecule has 1 unspecified atom stereocenters. The van der Waals surface area contributed by atoms with Crippen LogP contribution in [0.4, 0.5) is 0 Å². The fraction of sp³-hybridized carbons (Fsp3) is 0.300. The number of hydrogen-bond donors (Lipinski definition) is 0. The van der Waals surface area contributed by atoms with Gasteiger partial charge in [-0.2, -0.15) is 10.5 Å². The molecule has 0 aliphatic carbocycles. The fourth-order valence-corrected chi connectivity index (χ4v) is 1.78. The first kappa shape index (κ1) is 6.95. The maximum atomic E-state index is 5.60. The summed E-state index contributed by atoms with van der Waals surface area (Å²) in [4.78, 5) is 0. The molecule has 2 aliphatic heterocycles. The highest BCUT2D eigenvalue weighted by atomic mass is 16.5. The highest BCUT2D eigenvalue weighted by molar-refractivity contribution is 6.06. The number of ether oxygens (including phenoxy) is 1. The third-order valence-corrected chi connectivity index (χ3v) is 2.47. The van der Waals surface area contributed by atoms with Crippen LogP contribution in [0.3, 0.4) is 0 Å². The lowest BCUT2D eigenvalue weighted by molar-refractivity contribution is 0.277. The molecule has 3 rings (SSSR count). The maximum absolute atomic E-state index is 5.60. The predicted molar refractivity (Wildman–Crippen MR) is 49.0 cm³/mol. The van der Waals surface area contributed by atoms with Crippen molar-refractivity contribution in [2.45, 2.75) is 0 Å². The van der Waals surface area contributed by atoms with E-state index < -0.39 is 0 Å². The van der Waals surface area contributed by atoms with Crippen LogP contribution in [0, 0.1) is 5.92 Å². The zero-order valence-electron chi connectivity index (χ0n) is 7.10. The molecule has 0 aromatic heterocycles. The van der Waals surface area contributed by atoms with E-state index in [0.29, 0.717) is 5.92 Å². The molecule has 0 fully saturated rings. The van der Waals surface area contributed by atoms with Gasteiger partial charge in [0.15, 0.2) is 0 Å². The van der Waals surface area contributed by atoms with Crippen molar-refractivity contribution in [2.24, 2.45) is 11.0 Å². The van der Waals surface area contributed by atoms with Crippen LogP contribution in [0.15, 0.2) is 29.4 Å². The van der Waals surface area contributed by atoms with E-state index in [4.69, 9.17) is 4.74 Å². The van der Waals surface area contributed by atoms with Crippen LogP contribution < -0.4 is 10.2 Å². The third-order valence-electron chi connectivity index (χ3n) is 2.47. The molecule has 0 amide bonds. The van der Waals surface area contributed by atoms with Crippen molar-refractivity contribution in [3.05, 3.63) is 29.8 Å². The Bertz CT molecular complexity index is 373. The second-order valence-corrected chi connectivity index (χ2v) is 3.31. The Morgan fingerprint density at radius 2 is 2.23 bits per heavy atom. The molecule has 1 aromatic rings. The van der Waals surface area contributed by atoms with Gasteiger partial charge >= 0.3 is 0 Å². The summed E-state index contributed by atoms with van der Waals surface area (Å²) in [6, 6.07) is 8.00. The number of benzene rings is 1. The van der Waals surface area contributed by atoms with Crippen LogP contribution in [0.5, 0.6) is 5.75 Å². The van der Waals surface area contributed by atoms with Crippen LogP contribution in [-0.4, -0.2) is 18.9 Å². The number of hydrogen-bond acceptors (Lipinski definition) is 2. The molecule has 2 aliphatic rings. The average Bonchev–Trinajstić information content (AvgIpc) is 2.65. The molecule has 3 heteroatoms. The molecule has 0 bridgehead atoms. The molecule has 0 saturated heterocycles. The van der Waals surface area contributed by atoms with Crippen LogP contribution in [0.25, 0.3) is 0 Å². The second kappa shape index (κ2) is 2.49. The van der Waals surface area contributed by atoms with E-state index in [0.717, 1.165) is 30.2 Å². The Morgan fingerprint density at radius 1 is 1.31 bits per heavy atom. The number of nitrogens with zero attached hydrogens (tertiary/aromatic N) is 2. The monoisotopic (exact) mass is 173 g/mol. The molecule has 13 heavy (non-hydrogen) atoms. The van der Waals surface area contributed by atoms with Crippen molar-refractivity contribution in [3.63, 3.8) is 0 Å². The first-order chi connectivity index (χ1) is 6.45. The first-order valence-corrected chi connectivity index (χ1v) is 4.42. The lowest BCUT2D eigenvalue weighted by atomic mass is 9.95. The van der Waals surface area contributed by atoms with Crippen molar-refractivity contribution in [3.8, 4) is 5.75 Å². The van der Waals surface area contributed by atoms with Gasteiger partial charge in [-0.25, -0.2) is 0 Å². The molecule has 1 aromatic carbocycles. The Balaban J connectivity index is 2.15. The Morgan fingerprint density at radius 3 is 3.23 bits per heavy atom. The lowest BCUT2D eigenvalue weighted by Crippen LogP contribution is -2.27. The smallest absolute Gasteiger partial charge is 0.128 e. The zero-order chi connectivity index (χ0) is 8.67. The van der Waals surface area contributed by atoms with Gasteiger partial charge in [0.1, 0.15) is 5.75 Å². The molecule has 0 spiro atoms. The summed E-state index contributed by atoms with van der Waals surface area (Å²) < 4.78 is 5.60. The van der Waals surface area contributed by atoms with Crippen molar-refractivity contribution in [1.82, 2.24) is 5.43 Å². The predicted octanol–water partition coefficient (Wildman–Crippen LogP) is 1.02. The summed E-state index contributed by atoms with van der Waals surface area (Å²) in [6.45, 7) is 1.50. The summed E-state index contributed by atoms with van der Waals surface area (Å²) in [5.74, 6) is 1.32. The van der Waals surface area contributed by atoms with Crippen LogP contribution >= 0.6 is 0 Å². The van der Waals surface area contributed by atoms with Gasteiger partial charge in [0.2, 0.25) is 0 Å². The van der Waals surface area contributed by atoms with Gasteiger partial charge in [-0.15, -0.1) is 0 Å². The summed E-state index contributed by atoms with van der Waals surface area (Å²) in [6.07, 6.45) is 0. The molecule has 0 N–H and O–H groups in total. The maximum Gasteiger partial charge on any atom is 0.128 e. The van der Waals surface area contributed by atoms with Crippen molar-refractivity contribution in [1.29, 1.82) is 0 Å². The minimum atomic E-state index is 0.384. The topological polar surface area (TPSA) is 35.7 Å². The lowest BCUT2D eigenvalue weighted by Gasteiger charge is -2.21. The molecular formula is C10H9N2O. The van der Waals surface area contributed by atoms with Crippen molar-refractivity contribution in [2.75, 3.05) is 13.2 Å². The van der Waals surface area contributed by atoms with Crippen LogP contribution in [0.1, 0.15) is 5.56 Å². The summed E-state index contributed by atoms with van der Waals surface area (Å²) in [5, 5.41) is 4.16. The van der Waals surface area contributed by atoms with E-state index in [1.54, 1.807) is 0 Å². The third kappa shape index (κ3) is 0.932. The number of para-hydroxylation sites is 1. The molecule has 1 radical (unpaired) electrons. The first-order valence-electron chi connectivity index (χ1n) is 4.42. The van der Waals surface area contributed by atoms with Gasteiger partial charge in [0, 0.05) is 5.56 Å². The highest BCUT2D eigenvalue weighted by Crippen LogP contribution is 2.29.